The fourth-order valence-corrected chi connectivity index (χ4v) is 2.15. The molecule has 0 N–H and O–H groups in total. The summed E-state index contributed by atoms with van der Waals surface area (Å²) in [6, 6.07) is 0.684. The Labute approximate surface area is 69.7 Å². The minimum atomic E-state index is 0.434. The van der Waals surface area contributed by atoms with Gasteiger partial charge in [0.05, 0.1) is 20.7 Å². The number of quaternary nitrogens is 1. The first-order valence-corrected chi connectivity index (χ1v) is 4.52. The van der Waals surface area contributed by atoms with Crippen molar-refractivity contribution in [3.63, 3.8) is 0 Å². The summed E-state index contributed by atoms with van der Waals surface area (Å²) in [6.45, 7) is 6.51. The molecule has 2 nitrogen and oxygen atoms in total. The van der Waals surface area contributed by atoms with Crippen LogP contribution in [-0.2, 0) is 4.74 Å². The van der Waals surface area contributed by atoms with Crippen molar-refractivity contribution >= 4 is 0 Å². The standard InChI is InChI=1S/C9H20NO/c1-5-9-8(2)11-7-6-10(9,3)4/h8-9H,5-7H2,1-4H3/q+1. The average molecular weight is 158 g/mol. The Bertz CT molecular complexity index is 134. The zero-order chi connectivity index (χ0) is 8.48. The quantitative estimate of drug-likeness (QED) is 0.522. The number of likely N-dealkylation sites (N-methyl/N-ethyl adjacent to an activating group) is 1. The first-order chi connectivity index (χ1) is 5.08. The van der Waals surface area contributed by atoms with Crippen molar-refractivity contribution < 1.29 is 9.22 Å². The Morgan fingerprint density at radius 3 is 2.45 bits per heavy atom. The summed E-state index contributed by atoms with van der Waals surface area (Å²) in [5.41, 5.74) is 0. The van der Waals surface area contributed by atoms with Crippen molar-refractivity contribution in [1.82, 2.24) is 0 Å². The summed E-state index contributed by atoms with van der Waals surface area (Å²) < 4.78 is 6.72. The summed E-state index contributed by atoms with van der Waals surface area (Å²) in [5, 5.41) is 0. The predicted octanol–water partition coefficient (Wildman–Crippen LogP) is 1.26. The van der Waals surface area contributed by atoms with Crippen LogP contribution >= 0.6 is 0 Å². The lowest BCUT2D eigenvalue weighted by Crippen LogP contribution is -2.59. The van der Waals surface area contributed by atoms with Gasteiger partial charge in [-0.2, -0.15) is 0 Å². The zero-order valence-corrected chi connectivity index (χ0v) is 8.13. The second kappa shape index (κ2) is 3.11. The van der Waals surface area contributed by atoms with Gasteiger partial charge in [0, 0.05) is 0 Å². The first-order valence-electron chi connectivity index (χ1n) is 4.52. The molecule has 1 fully saturated rings. The van der Waals surface area contributed by atoms with Gasteiger partial charge in [0.15, 0.2) is 0 Å². The fourth-order valence-electron chi connectivity index (χ4n) is 2.15. The smallest absolute Gasteiger partial charge is 0.115 e. The summed E-state index contributed by atoms with van der Waals surface area (Å²) >= 11 is 0. The van der Waals surface area contributed by atoms with Crippen LogP contribution in [0.1, 0.15) is 20.3 Å². The maximum atomic E-state index is 5.60. The SMILES string of the molecule is CCC1C(C)OCC[N+]1(C)C. The van der Waals surface area contributed by atoms with Crippen molar-refractivity contribution in [2.24, 2.45) is 0 Å². The Balaban J connectivity index is 2.64. The van der Waals surface area contributed by atoms with E-state index in [2.05, 4.69) is 27.9 Å². The third kappa shape index (κ3) is 1.74. The molecule has 0 aromatic rings. The molecule has 1 aliphatic rings. The van der Waals surface area contributed by atoms with E-state index in [9.17, 15) is 0 Å². The molecular weight excluding hydrogens is 138 g/mol. The van der Waals surface area contributed by atoms with E-state index in [1.54, 1.807) is 0 Å². The van der Waals surface area contributed by atoms with E-state index >= 15 is 0 Å². The van der Waals surface area contributed by atoms with E-state index < -0.39 is 0 Å². The maximum Gasteiger partial charge on any atom is 0.115 e. The minimum absolute atomic E-state index is 0.434. The maximum absolute atomic E-state index is 5.60. The van der Waals surface area contributed by atoms with E-state index in [-0.39, 0.29) is 0 Å². The normalized spacial score (nSPS) is 37.1. The van der Waals surface area contributed by atoms with Gasteiger partial charge in [-0.3, -0.25) is 0 Å². The van der Waals surface area contributed by atoms with E-state index in [0.29, 0.717) is 12.1 Å². The highest BCUT2D eigenvalue weighted by atomic mass is 16.5. The number of ether oxygens (including phenoxy) is 1. The number of hydrogen-bond acceptors (Lipinski definition) is 1. The third-order valence-electron chi connectivity index (χ3n) is 2.91. The van der Waals surface area contributed by atoms with E-state index in [4.69, 9.17) is 4.74 Å². The van der Waals surface area contributed by atoms with E-state index in [0.717, 1.165) is 17.6 Å². The molecule has 1 rings (SSSR count). The van der Waals surface area contributed by atoms with Crippen molar-refractivity contribution in [2.45, 2.75) is 32.4 Å². The summed E-state index contributed by atoms with van der Waals surface area (Å²) in [6.07, 6.45) is 1.65. The highest BCUT2D eigenvalue weighted by Gasteiger charge is 2.35. The van der Waals surface area contributed by atoms with Crippen LogP contribution in [-0.4, -0.2) is 43.9 Å². The van der Waals surface area contributed by atoms with Gasteiger partial charge in [0.2, 0.25) is 0 Å². The zero-order valence-electron chi connectivity index (χ0n) is 8.13. The van der Waals surface area contributed by atoms with Gasteiger partial charge in [0.25, 0.3) is 0 Å². The van der Waals surface area contributed by atoms with E-state index in [1.165, 1.54) is 6.42 Å². The van der Waals surface area contributed by atoms with Crippen molar-refractivity contribution in [3.05, 3.63) is 0 Å². The second-order valence-electron chi connectivity index (χ2n) is 4.05. The molecule has 0 saturated carbocycles. The number of hydrogen-bond donors (Lipinski definition) is 0. The Morgan fingerprint density at radius 2 is 2.09 bits per heavy atom. The molecule has 1 heterocycles. The molecule has 11 heavy (non-hydrogen) atoms. The van der Waals surface area contributed by atoms with Crippen molar-refractivity contribution in [2.75, 3.05) is 27.2 Å². The number of morpholine rings is 1. The van der Waals surface area contributed by atoms with Gasteiger partial charge in [-0.15, -0.1) is 0 Å². The molecule has 0 spiro atoms. The molecule has 0 amide bonds. The molecule has 0 aromatic heterocycles. The molecular formula is C9H20NO+. The molecule has 0 bridgehead atoms. The summed E-state index contributed by atoms with van der Waals surface area (Å²) in [4.78, 5) is 0. The summed E-state index contributed by atoms with van der Waals surface area (Å²) in [5.74, 6) is 0. The highest BCUT2D eigenvalue weighted by Crippen LogP contribution is 2.20. The van der Waals surface area contributed by atoms with Gasteiger partial charge < -0.3 is 9.22 Å². The lowest BCUT2D eigenvalue weighted by molar-refractivity contribution is -0.927. The Hall–Kier alpha value is -0.0800. The van der Waals surface area contributed by atoms with Crippen LogP contribution in [0.2, 0.25) is 0 Å². The monoisotopic (exact) mass is 158 g/mol. The molecule has 1 aliphatic heterocycles. The van der Waals surface area contributed by atoms with Gasteiger partial charge in [-0.1, -0.05) is 6.92 Å². The number of nitrogens with zero attached hydrogens (tertiary/aromatic N) is 1. The third-order valence-corrected chi connectivity index (χ3v) is 2.91. The molecule has 0 radical (unpaired) electrons. The number of rotatable bonds is 1. The predicted molar refractivity (Wildman–Crippen MR) is 46.5 cm³/mol. The lowest BCUT2D eigenvalue weighted by Gasteiger charge is -2.44. The topological polar surface area (TPSA) is 9.23 Å². The van der Waals surface area contributed by atoms with Crippen LogP contribution in [0.25, 0.3) is 0 Å². The van der Waals surface area contributed by atoms with Gasteiger partial charge in [-0.25, -0.2) is 0 Å². The van der Waals surface area contributed by atoms with Gasteiger partial charge >= 0.3 is 0 Å². The van der Waals surface area contributed by atoms with Crippen LogP contribution in [0.3, 0.4) is 0 Å². The molecule has 2 atom stereocenters. The van der Waals surface area contributed by atoms with Gasteiger partial charge in [-0.05, 0) is 13.3 Å². The first kappa shape index (κ1) is 9.01. The van der Waals surface area contributed by atoms with Crippen LogP contribution in [0.15, 0.2) is 0 Å². The molecule has 66 valence electrons. The van der Waals surface area contributed by atoms with Crippen LogP contribution in [0.5, 0.6) is 0 Å². The van der Waals surface area contributed by atoms with Crippen LogP contribution in [0.4, 0.5) is 0 Å². The van der Waals surface area contributed by atoms with Crippen molar-refractivity contribution in [3.8, 4) is 0 Å². The average Bonchev–Trinajstić information content (AvgIpc) is 1.86. The minimum Gasteiger partial charge on any atom is -0.366 e. The van der Waals surface area contributed by atoms with E-state index in [1.807, 2.05) is 0 Å². The van der Waals surface area contributed by atoms with Crippen LogP contribution in [0, 0.1) is 0 Å². The molecule has 2 heteroatoms. The largest absolute Gasteiger partial charge is 0.366 e. The van der Waals surface area contributed by atoms with Crippen molar-refractivity contribution in [1.29, 1.82) is 0 Å². The second-order valence-corrected chi connectivity index (χ2v) is 4.05. The lowest BCUT2D eigenvalue weighted by atomic mass is 10.0. The Morgan fingerprint density at radius 1 is 1.45 bits per heavy atom. The molecule has 1 saturated heterocycles. The Kier molecular flexibility index (Phi) is 2.55. The molecule has 0 aromatic carbocycles. The summed E-state index contributed by atoms with van der Waals surface area (Å²) in [7, 11) is 4.60. The van der Waals surface area contributed by atoms with Crippen LogP contribution < -0.4 is 0 Å². The highest BCUT2D eigenvalue weighted by molar-refractivity contribution is 4.68. The molecule has 0 aliphatic carbocycles. The van der Waals surface area contributed by atoms with Gasteiger partial charge in [0.1, 0.15) is 18.7 Å². The molecule has 2 unspecified atom stereocenters. The fraction of sp³-hybridized carbons (Fsp3) is 1.00.